The van der Waals surface area contributed by atoms with Crippen LogP contribution in [0, 0.1) is 0 Å². The van der Waals surface area contributed by atoms with Gasteiger partial charge in [-0.3, -0.25) is 0 Å². The van der Waals surface area contributed by atoms with Crippen molar-refractivity contribution < 1.29 is 8.42 Å². The van der Waals surface area contributed by atoms with E-state index in [0.29, 0.717) is 24.3 Å². The van der Waals surface area contributed by atoms with Gasteiger partial charge in [0, 0.05) is 17.1 Å². The molecule has 1 N–H and O–H groups in total. The number of sulfone groups is 1. The molecule has 2 rings (SSSR count). The molecule has 0 radical (unpaired) electrons. The number of benzene rings is 1. The summed E-state index contributed by atoms with van der Waals surface area (Å²) in [6.07, 6.45) is 1.38. The molecular formula is C13H18ClNO2S. The third kappa shape index (κ3) is 3.46. The van der Waals surface area contributed by atoms with Gasteiger partial charge in [-0.15, -0.1) is 0 Å². The minimum Gasteiger partial charge on any atom is -0.307 e. The molecule has 100 valence electrons. The molecule has 0 bridgehead atoms. The second kappa shape index (κ2) is 5.59. The Morgan fingerprint density at radius 1 is 1.28 bits per heavy atom. The maximum absolute atomic E-state index is 11.4. The zero-order valence-electron chi connectivity index (χ0n) is 10.4. The third-order valence-corrected chi connectivity index (χ3v) is 5.47. The van der Waals surface area contributed by atoms with E-state index in [4.69, 9.17) is 11.6 Å². The first-order chi connectivity index (χ1) is 8.48. The van der Waals surface area contributed by atoms with Gasteiger partial charge in [-0.25, -0.2) is 8.42 Å². The van der Waals surface area contributed by atoms with Crippen LogP contribution >= 0.6 is 11.6 Å². The standard InChI is InChI=1S/C13H18ClNO2S/c1-10(12-4-2-3-5-13(12)14)15-11-6-8-18(16,17)9-7-11/h2-5,10-11,15H,6-9H2,1H3/t10-/m1/s1. The summed E-state index contributed by atoms with van der Waals surface area (Å²) in [5, 5.41) is 4.22. The molecule has 0 aromatic heterocycles. The molecule has 1 aliphatic heterocycles. The van der Waals surface area contributed by atoms with Gasteiger partial charge in [0.1, 0.15) is 9.84 Å². The lowest BCUT2D eigenvalue weighted by molar-refractivity contribution is 0.420. The molecule has 0 spiro atoms. The van der Waals surface area contributed by atoms with Crippen molar-refractivity contribution in [3.8, 4) is 0 Å². The van der Waals surface area contributed by atoms with Crippen LogP contribution in [0.15, 0.2) is 24.3 Å². The van der Waals surface area contributed by atoms with Gasteiger partial charge in [-0.05, 0) is 31.4 Å². The molecule has 1 saturated heterocycles. The fourth-order valence-electron chi connectivity index (χ4n) is 2.33. The maximum atomic E-state index is 11.4. The lowest BCUT2D eigenvalue weighted by Crippen LogP contribution is -2.38. The van der Waals surface area contributed by atoms with Crippen LogP contribution < -0.4 is 5.32 Å². The molecule has 0 amide bonds. The van der Waals surface area contributed by atoms with Gasteiger partial charge >= 0.3 is 0 Å². The largest absolute Gasteiger partial charge is 0.307 e. The van der Waals surface area contributed by atoms with Gasteiger partial charge < -0.3 is 5.32 Å². The van der Waals surface area contributed by atoms with Gasteiger partial charge in [0.05, 0.1) is 11.5 Å². The van der Waals surface area contributed by atoms with Crippen LogP contribution in [0.1, 0.15) is 31.4 Å². The summed E-state index contributed by atoms with van der Waals surface area (Å²) >= 11 is 6.15. The average Bonchev–Trinajstić information content (AvgIpc) is 2.32. The minimum atomic E-state index is -2.79. The molecule has 18 heavy (non-hydrogen) atoms. The first-order valence-corrected chi connectivity index (χ1v) is 8.39. The molecule has 0 unspecified atom stereocenters. The minimum absolute atomic E-state index is 0.143. The van der Waals surface area contributed by atoms with Crippen LogP contribution in [0.3, 0.4) is 0 Å². The summed E-state index contributed by atoms with van der Waals surface area (Å²) in [7, 11) is -2.79. The number of hydrogen-bond acceptors (Lipinski definition) is 3. The number of hydrogen-bond donors (Lipinski definition) is 1. The quantitative estimate of drug-likeness (QED) is 0.929. The number of rotatable bonds is 3. The van der Waals surface area contributed by atoms with Crippen LogP contribution in [0.5, 0.6) is 0 Å². The van der Waals surface area contributed by atoms with Crippen LogP contribution in [-0.2, 0) is 9.84 Å². The monoisotopic (exact) mass is 287 g/mol. The molecule has 0 saturated carbocycles. The summed E-state index contributed by atoms with van der Waals surface area (Å²) in [5.41, 5.74) is 1.06. The lowest BCUT2D eigenvalue weighted by atomic mass is 10.1. The van der Waals surface area contributed by atoms with E-state index in [2.05, 4.69) is 12.2 Å². The van der Waals surface area contributed by atoms with Crippen molar-refractivity contribution in [2.24, 2.45) is 0 Å². The molecule has 5 heteroatoms. The predicted molar refractivity (Wildman–Crippen MR) is 74.7 cm³/mol. The van der Waals surface area contributed by atoms with Crippen LogP contribution in [-0.4, -0.2) is 26.0 Å². The SMILES string of the molecule is C[C@@H](NC1CCS(=O)(=O)CC1)c1ccccc1Cl. The van der Waals surface area contributed by atoms with E-state index < -0.39 is 9.84 Å². The normalized spacial score (nSPS) is 21.7. The molecule has 1 heterocycles. The van der Waals surface area contributed by atoms with Crippen molar-refractivity contribution in [2.75, 3.05) is 11.5 Å². The Labute approximate surface area is 113 Å². The summed E-state index contributed by atoms with van der Waals surface area (Å²) in [6, 6.07) is 8.15. The van der Waals surface area contributed by atoms with E-state index in [1.54, 1.807) is 0 Å². The van der Waals surface area contributed by atoms with Crippen LogP contribution in [0.2, 0.25) is 5.02 Å². The highest BCUT2D eigenvalue weighted by molar-refractivity contribution is 7.91. The molecule has 1 aromatic carbocycles. The Balaban J connectivity index is 1.97. The van der Waals surface area contributed by atoms with Crippen molar-refractivity contribution >= 4 is 21.4 Å². The predicted octanol–water partition coefficient (Wildman–Crippen LogP) is 2.57. The van der Waals surface area contributed by atoms with E-state index >= 15 is 0 Å². The number of nitrogens with one attached hydrogen (secondary N) is 1. The molecule has 3 nitrogen and oxygen atoms in total. The van der Waals surface area contributed by atoms with Gasteiger partial charge in [0.25, 0.3) is 0 Å². The van der Waals surface area contributed by atoms with Crippen molar-refractivity contribution in [3.05, 3.63) is 34.9 Å². The Morgan fingerprint density at radius 2 is 1.89 bits per heavy atom. The van der Waals surface area contributed by atoms with Gasteiger partial charge in [-0.1, -0.05) is 29.8 Å². The molecule has 1 aliphatic rings. The molecule has 1 aromatic rings. The summed E-state index contributed by atoms with van der Waals surface area (Å²) in [5.74, 6) is 0.583. The molecular weight excluding hydrogens is 270 g/mol. The van der Waals surface area contributed by atoms with E-state index in [1.807, 2.05) is 24.3 Å². The summed E-state index contributed by atoms with van der Waals surface area (Å²) < 4.78 is 22.7. The van der Waals surface area contributed by atoms with Gasteiger partial charge in [0.15, 0.2) is 0 Å². The fraction of sp³-hybridized carbons (Fsp3) is 0.538. The zero-order chi connectivity index (χ0) is 13.2. The fourth-order valence-corrected chi connectivity index (χ4v) is 4.12. The van der Waals surface area contributed by atoms with Crippen LogP contribution in [0.4, 0.5) is 0 Å². The first kappa shape index (κ1) is 13.8. The Kier molecular flexibility index (Phi) is 4.30. The smallest absolute Gasteiger partial charge is 0.150 e. The van der Waals surface area contributed by atoms with E-state index in [0.717, 1.165) is 10.6 Å². The van der Waals surface area contributed by atoms with Crippen molar-refractivity contribution in [3.63, 3.8) is 0 Å². The topological polar surface area (TPSA) is 46.2 Å². The Bertz CT molecular complexity index is 501. The lowest BCUT2D eigenvalue weighted by Gasteiger charge is -2.27. The second-order valence-corrected chi connectivity index (χ2v) is 7.55. The van der Waals surface area contributed by atoms with Gasteiger partial charge in [0.2, 0.25) is 0 Å². The third-order valence-electron chi connectivity index (χ3n) is 3.41. The van der Waals surface area contributed by atoms with E-state index in [9.17, 15) is 8.42 Å². The molecule has 0 aliphatic carbocycles. The second-order valence-electron chi connectivity index (χ2n) is 4.84. The van der Waals surface area contributed by atoms with Crippen molar-refractivity contribution in [2.45, 2.75) is 31.8 Å². The molecule has 1 atom stereocenters. The van der Waals surface area contributed by atoms with Crippen LogP contribution in [0.25, 0.3) is 0 Å². The van der Waals surface area contributed by atoms with Crippen molar-refractivity contribution in [1.82, 2.24) is 5.32 Å². The summed E-state index contributed by atoms with van der Waals surface area (Å²) in [6.45, 7) is 2.06. The van der Waals surface area contributed by atoms with Crippen molar-refractivity contribution in [1.29, 1.82) is 0 Å². The Morgan fingerprint density at radius 3 is 2.50 bits per heavy atom. The first-order valence-electron chi connectivity index (χ1n) is 6.19. The molecule has 1 fully saturated rings. The Hall–Kier alpha value is -0.580. The summed E-state index contributed by atoms with van der Waals surface area (Å²) in [4.78, 5) is 0. The highest BCUT2D eigenvalue weighted by atomic mass is 35.5. The highest BCUT2D eigenvalue weighted by Gasteiger charge is 2.24. The van der Waals surface area contributed by atoms with Gasteiger partial charge in [-0.2, -0.15) is 0 Å². The zero-order valence-corrected chi connectivity index (χ0v) is 12.0. The van der Waals surface area contributed by atoms with E-state index in [1.165, 1.54) is 0 Å². The highest BCUT2D eigenvalue weighted by Crippen LogP contribution is 2.24. The maximum Gasteiger partial charge on any atom is 0.150 e. The average molecular weight is 288 g/mol. The van der Waals surface area contributed by atoms with E-state index in [-0.39, 0.29) is 12.1 Å². The number of halogens is 1.